The maximum absolute atomic E-state index is 9.65. The lowest BCUT2D eigenvalue weighted by Gasteiger charge is -1.69. The third-order valence-electron chi connectivity index (χ3n) is 0.911. The number of hydrogen-bond donors (Lipinski definition) is 0. The highest BCUT2D eigenvalue weighted by molar-refractivity contribution is 5.72. The molecule has 6 heavy (non-hydrogen) atoms. The van der Waals surface area contributed by atoms with Crippen LogP contribution in [-0.2, 0) is 9.90 Å². The van der Waals surface area contributed by atoms with Gasteiger partial charge in [-0.25, -0.2) is 9.90 Å². The van der Waals surface area contributed by atoms with Crippen LogP contribution in [0.5, 0.6) is 0 Å². The predicted octanol–water partition coefficient (Wildman–Crippen LogP) is 0.353. The van der Waals surface area contributed by atoms with Gasteiger partial charge in [-0.1, -0.05) is 0 Å². The zero-order valence-corrected chi connectivity index (χ0v) is 3.31. The van der Waals surface area contributed by atoms with Gasteiger partial charge < -0.3 is 0 Å². The first-order valence-electron chi connectivity index (χ1n) is 2.01. The fourth-order valence-electron chi connectivity index (χ4n) is 0.319. The van der Waals surface area contributed by atoms with E-state index in [1.807, 2.05) is 0 Å². The fourth-order valence-corrected chi connectivity index (χ4v) is 0.319. The van der Waals surface area contributed by atoms with Gasteiger partial charge in [-0.15, -0.1) is 0 Å². The second kappa shape index (κ2) is 0.965. The Hall–Kier alpha value is -0.530. The number of hydrogen-bond acceptors (Lipinski definition) is 1. The molecule has 0 spiro atoms. The van der Waals surface area contributed by atoms with Crippen molar-refractivity contribution in [1.82, 2.24) is 0 Å². The molecule has 0 saturated heterocycles. The Morgan fingerprint density at radius 3 is 2.00 bits per heavy atom. The standard InChI is InChI=1S/C4H5O2/c5-4(6)3-1-2-3/h3H,1-2H2. The van der Waals surface area contributed by atoms with Crippen LogP contribution in [0.1, 0.15) is 12.8 Å². The zero-order chi connectivity index (χ0) is 4.57. The van der Waals surface area contributed by atoms with Crippen LogP contribution in [0.3, 0.4) is 0 Å². The summed E-state index contributed by atoms with van der Waals surface area (Å²) < 4.78 is 0. The monoisotopic (exact) mass is 85.0 g/mol. The van der Waals surface area contributed by atoms with Crippen molar-refractivity contribution < 1.29 is 9.90 Å². The molecule has 0 aliphatic heterocycles. The van der Waals surface area contributed by atoms with Crippen molar-refractivity contribution in [2.45, 2.75) is 12.8 Å². The summed E-state index contributed by atoms with van der Waals surface area (Å²) in [5.41, 5.74) is 0. The summed E-state index contributed by atoms with van der Waals surface area (Å²) in [7, 11) is 0. The first kappa shape index (κ1) is 3.65. The Morgan fingerprint density at radius 1 is 1.50 bits per heavy atom. The van der Waals surface area contributed by atoms with Gasteiger partial charge >= 0.3 is 5.97 Å². The zero-order valence-electron chi connectivity index (χ0n) is 3.31. The number of rotatable bonds is 1. The van der Waals surface area contributed by atoms with E-state index in [4.69, 9.17) is 0 Å². The van der Waals surface area contributed by atoms with Gasteiger partial charge in [0.05, 0.1) is 5.92 Å². The van der Waals surface area contributed by atoms with Crippen molar-refractivity contribution in [3.8, 4) is 0 Å². The SMILES string of the molecule is [O]C(=O)C1CC1. The lowest BCUT2D eigenvalue weighted by atomic mass is 10.5. The van der Waals surface area contributed by atoms with E-state index in [9.17, 15) is 9.90 Å². The molecule has 0 N–H and O–H groups in total. The summed E-state index contributed by atoms with van der Waals surface area (Å²) in [6.07, 6.45) is 1.67. The second-order valence-electron chi connectivity index (χ2n) is 1.59. The van der Waals surface area contributed by atoms with Gasteiger partial charge in [0.2, 0.25) is 0 Å². The molecule has 1 saturated carbocycles. The highest BCUT2D eigenvalue weighted by Crippen LogP contribution is 2.28. The Bertz CT molecular complexity index is 73.6. The van der Waals surface area contributed by atoms with E-state index in [1.165, 1.54) is 0 Å². The maximum atomic E-state index is 9.65. The molecule has 0 unspecified atom stereocenters. The van der Waals surface area contributed by atoms with E-state index in [0.717, 1.165) is 12.8 Å². The Balaban J connectivity index is 2.31. The number of carbonyl (C=O) groups excluding carboxylic acids is 1. The highest BCUT2D eigenvalue weighted by Gasteiger charge is 2.30. The summed E-state index contributed by atoms with van der Waals surface area (Å²) in [5.74, 6) is -0.972. The van der Waals surface area contributed by atoms with Gasteiger partial charge in [0.15, 0.2) is 0 Å². The van der Waals surface area contributed by atoms with Crippen LogP contribution in [0.15, 0.2) is 0 Å². The number of carbonyl (C=O) groups is 1. The van der Waals surface area contributed by atoms with Crippen molar-refractivity contribution in [3.05, 3.63) is 0 Å². The lowest BCUT2D eigenvalue weighted by molar-refractivity contribution is -0.144. The minimum absolute atomic E-state index is 0.0926. The lowest BCUT2D eigenvalue weighted by Crippen LogP contribution is -1.91. The van der Waals surface area contributed by atoms with Gasteiger partial charge in [-0.3, -0.25) is 0 Å². The molecule has 1 rings (SSSR count). The van der Waals surface area contributed by atoms with Crippen LogP contribution in [-0.4, -0.2) is 5.97 Å². The first-order chi connectivity index (χ1) is 2.80. The van der Waals surface area contributed by atoms with Crippen molar-refractivity contribution in [1.29, 1.82) is 0 Å². The molecule has 1 radical (unpaired) electrons. The molecule has 0 aromatic heterocycles. The molecule has 1 aliphatic carbocycles. The molecular weight excluding hydrogens is 80.0 g/mol. The van der Waals surface area contributed by atoms with E-state index < -0.39 is 5.97 Å². The van der Waals surface area contributed by atoms with Gasteiger partial charge in [0.1, 0.15) is 0 Å². The molecule has 0 heterocycles. The van der Waals surface area contributed by atoms with Crippen LogP contribution in [0.25, 0.3) is 0 Å². The smallest absolute Gasteiger partial charge is 0.247 e. The van der Waals surface area contributed by atoms with Crippen molar-refractivity contribution in [2.24, 2.45) is 5.92 Å². The summed E-state index contributed by atoms with van der Waals surface area (Å²) in [4.78, 5) is 9.65. The molecule has 2 nitrogen and oxygen atoms in total. The van der Waals surface area contributed by atoms with Crippen molar-refractivity contribution in [3.63, 3.8) is 0 Å². The predicted molar refractivity (Wildman–Crippen MR) is 18.4 cm³/mol. The third kappa shape index (κ3) is 0.506. The summed E-state index contributed by atoms with van der Waals surface area (Å²) >= 11 is 0. The van der Waals surface area contributed by atoms with Gasteiger partial charge in [0, 0.05) is 0 Å². The van der Waals surface area contributed by atoms with Crippen LogP contribution in [0.2, 0.25) is 0 Å². The molecule has 1 aliphatic rings. The molecule has 0 aromatic rings. The molecule has 0 atom stereocenters. The van der Waals surface area contributed by atoms with Crippen LogP contribution in [0.4, 0.5) is 0 Å². The average Bonchev–Trinajstić information content (AvgIpc) is 2.06. The average molecular weight is 85.1 g/mol. The van der Waals surface area contributed by atoms with Crippen LogP contribution < -0.4 is 0 Å². The van der Waals surface area contributed by atoms with E-state index in [2.05, 4.69) is 0 Å². The largest absolute Gasteiger partial charge is 0.358 e. The molecule has 0 bridgehead atoms. The minimum atomic E-state index is -0.880. The van der Waals surface area contributed by atoms with Gasteiger partial charge in [-0.2, -0.15) is 0 Å². The molecule has 1 fully saturated rings. The summed E-state index contributed by atoms with van der Waals surface area (Å²) in [6.45, 7) is 0. The molecule has 33 valence electrons. The normalized spacial score (nSPS) is 20.7. The van der Waals surface area contributed by atoms with E-state index in [0.29, 0.717) is 0 Å². The summed E-state index contributed by atoms with van der Waals surface area (Å²) in [6, 6.07) is 0. The molecular formula is C4H5O2. The van der Waals surface area contributed by atoms with Crippen molar-refractivity contribution >= 4 is 5.97 Å². The van der Waals surface area contributed by atoms with E-state index >= 15 is 0 Å². The van der Waals surface area contributed by atoms with Crippen LogP contribution in [0, 0.1) is 5.92 Å². The highest BCUT2D eigenvalue weighted by atomic mass is 16.4. The van der Waals surface area contributed by atoms with Gasteiger partial charge in [-0.05, 0) is 12.8 Å². The Morgan fingerprint density at radius 2 is 2.00 bits per heavy atom. The van der Waals surface area contributed by atoms with Crippen LogP contribution >= 0.6 is 0 Å². The Labute approximate surface area is 35.8 Å². The molecule has 2 heteroatoms. The third-order valence-corrected chi connectivity index (χ3v) is 0.911. The Kier molecular flexibility index (Phi) is 0.587. The minimum Gasteiger partial charge on any atom is -0.247 e. The fraction of sp³-hybridized carbons (Fsp3) is 0.750. The molecule has 0 amide bonds. The van der Waals surface area contributed by atoms with Gasteiger partial charge in [0.25, 0.3) is 0 Å². The van der Waals surface area contributed by atoms with E-state index in [-0.39, 0.29) is 5.92 Å². The topological polar surface area (TPSA) is 37.0 Å². The second-order valence-corrected chi connectivity index (χ2v) is 1.59. The molecule has 0 aromatic carbocycles. The first-order valence-corrected chi connectivity index (χ1v) is 2.01. The van der Waals surface area contributed by atoms with E-state index in [1.54, 1.807) is 0 Å². The quantitative estimate of drug-likeness (QED) is 0.452. The van der Waals surface area contributed by atoms with Crippen molar-refractivity contribution in [2.75, 3.05) is 0 Å². The maximum Gasteiger partial charge on any atom is 0.358 e. The summed E-state index contributed by atoms with van der Waals surface area (Å²) in [5, 5.41) is 9.65.